The van der Waals surface area contributed by atoms with Gasteiger partial charge in [0.1, 0.15) is 5.75 Å². The molecular weight excluding hydrogens is 367 g/mol. The summed E-state index contributed by atoms with van der Waals surface area (Å²) in [5.74, 6) is 2.09. The molecule has 0 unspecified atom stereocenters. The van der Waals surface area contributed by atoms with Crippen molar-refractivity contribution >= 4 is 43.5 Å². The van der Waals surface area contributed by atoms with Crippen LogP contribution in [0.3, 0.4) is 0 Å². The van der Waals surface area contributed by atoms with Gasteiger partial charge in [-0.25, -0.2) is 0 Å². The highest BCUT2D eigenvalue weighted by atomic mass is 79.9. The Bertz CT molecular complexity index is 343. The molecule has 0 bridgehead atoms. The summed E-state index contributed by atoms with van der Waals surface area (Å²) in [6.45, 7) is 5.19. The topological polar surface area (TPSA) is 9.23 Å². The fourth-order valence-electron chi connectivity index (χ4n) is 1.49. The van der Waals surface area contributed by atoms with Crippen LogP contribution < -0.4 is 4.74 Å². The van der Waals surface area contributed by atoms with Crippen molar-refractivity contribution < 1.29 is 4.74 Å². The van der Waals surface area contributed by atoms with Crippen molar-refractivity contribution in [1.82, 2.24) is 0 Å². The number of alkyl halides is 1. The highest BCUT2D eigenvalue weighted by Crippen LogP contribution is 2.35. The van der Waals surface area contributed by atoms with Gasteiger partial charge in [-0.15, -0.1) is 11.6 Å². The van der Waals surface area contributed by atoms with Gasteiger partial charge in [-0.2, -0.15) is 0 Å². The molecule has 0 saturated carbocycles. The molecule has 96 valence electrons. The summed E-state index contributed by atoms with van der Waals surface area (Å²) in [7, 11) is 0. The minimum Gasteiger partial charge on any atom is -0.491 e. The predicted octanol–water partition coefficient (Wildman–Crippen LogP) is 5.77. The summed E-state index contributed by atoms with van der Waals surface area (Å²) >= 11 is 12.8. The van der Waals surface area contributed by atoms with Gasteiger partial charge in [-0.1, -0.05) is 13.8 Å². The molecule has 4 heteroatoms. The second-order valence-corrected chi connectivity index (χ2v) is 6.38. The highest BCUT2D eigenvalue weighted by Gasteiger charge is 2.08. The molecule has 1 rings (SSSR count). The largest absolute Gasteiger partial charge is 0.491 e. The molecule has 0 heterocycles. The lowest BCUT2D eigenvalue weighted by molar-refractivity contribution is 0.294. The van der Waals surface area contributed by atoms with E-state index in [9.17, 15) is 0 Å². The summed E-state index contributed by atoms with van der Waals surface area (Å²) in [6, 6.07) is 3.99. The molecule has 0 spiro atoms. The molecule has 0 N–H and O–H groups in total. The van der Waals surface area contributed by atoms with Crippen LogP contribution in [0.5, 0.6) is 5.75 Å². The van der Waals surface area contributed by atoms with Crippen LogP contribution in [0.25, 0.3) is 0 Å². The fourth-order valence-corrected chi connectivity index (χ4v) is 3.16. The maximum absolute atomic E-state index is 5.80. The van der Waals surface area contributed by atoms with Crippen molar-refractivity contribution in [1.29, 1.82) is 0 Å². The van der Waals surface area contributed by atoms with Crippen molar-refractivity contribution in [2.45, 2.75) is 32.6 Å². The van der Waals surface area contributed by atoms with Crippen molar-refractivity contribution in [2.24, 2.45) is 5.92 Å². The average Bonchev–Trinajstić information content (AvgIpc) is 2.26. The van der Waals surface area contributed by atoms with Gasteiger partial charge in [0.25, 0.3) is 0 Å². The van der Waals surface area contributed by atoms with E-state index < -0.39 is 0 Å². The van der Waals surface area contributed by atoms with Crippen LogP contribution >= 0.6 is 43.5 Å². The molecule has 0 fully saturated rings. The Morgan fingerprint density at radius 1 is 1.24 bits per heavy atom. The summed E-state index contributed by atoms with van der Waals surface area (Å²) in [5.41, 5.74) is 1.07. The number of halogens is 3. The van der Waals surface area contributed by atoms with Gasteiger partial charge in [0.2, 0.25) is 0 Å². The standard InChI is InChI=1S/C13H17Br2ClO/c1-9(2)4-3-5-17-13-11(14)6-10(8-16)7-12(13)15/h6-7,9H,3-5,8H2,1-2H3. The van der Waals surface area contributed by atoms with E-state index in [-0.39, 0.29) is 0 Å². The Morgan fingerprint density at radius 3 is 2.29 bits per heavy atom. The predicted molar refractivity (Wildman–Crippen MR) is 81.0 cm³/mol. The Labute approximate surface area is 125 Å². The lowest BCUT2D eigenvalue weighted by Crippen LogP contribution is -2.01. The Hall–Kier alpha value is 0.270. The van der Waals surface area contributed by atoms with E-state index in [0.29, 0.717) is 5.88 Å². The third kappa shape index (κ3) is 5.19. The average molecular weight is 385 g/mol. The smallest absolute Gasteiger partial charge is 0.147 e. The third-order valence-corrected chi connectivity index (χ3v) is 3.87. The van der Waals surface area contributed by atoms with Gasteiger partial charge in [-0.05, 0) is 68.3 Å². The second kappa shape index (κ2) is 7.65. The second-order valence-electron chi connectivity index (χ2n) is 4.41. The molecule has 1 aromatic carbocycles. The van der Waals surface area contributed by atoms with Crippen LogP contribution in [-0.2, 0) is 5.88 Å². The van der Waals surface area contributed by atoms with E-state index >= 15 is 0 Å². The van der Waals surface area contributed by atoms with Crippen LogP contribution in [0.15, 0.2) is 21.1 Å². The monoisotopic (exact) mass is 382 g/mol. The first-order valence-electron chi connectivity index (χ1n) is 5.71. The van der Waals surface area contributed by atoms with Gasteiger partial charge < -0.3 is 4.74 Å². The zero-order valence-electron chi connectivity index (χ0n) is 10.1. The number of benzene rings is 1. The molecule has 0 atom stereocenters. The normalized spacial score (nSPS) is 10.9. The van der Waals surface area contributed by atoms with Crippen molar-refractivity contribution in [3.05, 3.63) is 26.6 Å². The number of ether oxygens (including phenoxy) is 1. The Morgan fingerprint density at radius 2 is 1.82 bits per heavy atom. The van der Waals surface area contributed by atoms with Crippen LogP contribution in [0, 0.1) is 5.92 Å². The molecule has 17 heavy (non-hydrogen) atoms. The van der Waals surface area contributed by atoms with Gasteiger partial charge in [-0.3, -0.25) is 0 Å². The highest BCUT2D eigenvalue weighted by molar-refractivity contribution is 9.11. The molecule has 0 aliphatic heterocycles. The quantitative estimate of drug-likeness (QED) is 0.447. The zero-order valence-corrected chi connectivity index (χ0v) is 14.0. The van der Waals surface area contributed by atoms with E-state index in [1.807, 2.05) is 12.1 Å². The van der Waals surface area contributed by atoms with Gasteiger partial charge in [0.15, 0.2) is 0 Å². The summed E-state index contributed by atoms with van der Waals surface area (Å²) in [6.07, 6.45) is 2.27. The van der Waals surface area contributed by atoms with Crippen molar-refractivity contribution in [3.8, 4) is 5.75 Å². The number of rotatable bonds is 6. The van der Waals surface area contributed by atoms with E-state index in [0.717, 1.165) is 39.2 Å². The fraction of sp³-hybridized carbons (Fsp3) is 0.538. The Kier molecular flexibility index (Phi) is 6.90. The Balaban J connectivity index is 2.59. The molecule has 0 aromatic heterocycles. The van der Waals surface area contributed by atoms with Crippen LogP contribution in [-0.4, -0.2) is 6.61 Å². The lowest BCUT2D eigenvalue weighted by atomic mass is 10.1. The van der Waals surface area contributed by atoms with Gasteiger partial charge >= 0.3 is 0 Å². The summed E-state index contributed by atoms with van der Waals surface area (Å²) in [4.78, 5) is 0. The lowest BCUT2D eigenvalue weighted by Gasteiger charge is -2.12. The molecule has 1 aromatic rings. The SMILES string of the molecule is CC(C)CCCOc1c(Br)cc(CCl)cc1Br. The van der Waals surface area contributed by atoms with Crippen LogP contribution in [0.1, 0.15) is 32.3 Å². The van der Waals surface area contributed by atoms with Crippen molar-refractivity contribution in [3.63, 3.8) is 0 Å². The first-order valence-corrected chi connectivity index (χ1v) is 7.83. The summed E-state index contributed by atoms with van der Waals surface area (Å²) in [5, 5.41) is 0. The minimum absolute atomic E-state index is 0.505. The van der Waals surface area contributed by atoms with E-state index in [1.54, 1.807) is 0 Å². The van der Waals surface area contributed by atoms with Crippen LogP contribution in [0.2, 0.25) is 0 Å². The van der Waals surface area contributed by atoms with E-state index in [2.05, 4.69) is 45.7 Å². The maximum atomic E-state index is 5.80. The van der Waals surface area contributed by atoms with Crippen LogP contribution in [0.4, 0.5) is 0 Å². The first-order chi connectivity index (χ1) is 8.04. The molecular formula is C13H17Br2ClO. The van der Waals surface area contributed by atoms with Gasteiger partial charge in [0, 0.05) is 5.88 Å². The van der Waals surface area contributed by atoms with Crippen molar-refractivity contribution in [2.75, 3.05) is 6.61 Å². The molecule has 0 amide bonds. The first kappa shape index (κ1) is 15.3. The third-order valence-electron chi connectivity index (χ3n) is 2.38. The zero-order chi connectivity index (χ0) is 12.8. The summed E-state index contributed by atoms with van der Waals surface area (Å²) < 4.78 is 7.68. The molecule has 0 aliphatic rings. The minimum atomic E-state index is 0.505. The molecule has 0 saturated heterocycles. The van der Waals surface area contributed by atoms with E-state index in [4.69, 9.17) is 16.3 Å². The molecule has 0 aliphatic carbocycles. The van der Waals surface area contributed by atoms with Gasteiger partial charge in [0.05, 0.1) is 15.6 Å². The molecule has 1 nitrogen and oxygen atoms in total. The maximum Gasteiger partial charge on any atom is 0.147 e. The van der Waals surface area contributed by atoms with E-state index in [1.165, 1.54) is 6.42 Å². The number of hydrogen-bond donors (Lipinski definition) is 0. The molecule has 0 radical (unpaired) electrons. The number of hydrogen-bond acceptors (Lipinski definition) is 1.